The first-order chi connectivity index (χ1) is 18.6. The first-order valence-corrected chi connectivity index (χ1v) is 13.3. The highest BCUT2D eigenvalue weighted by atomic mass is 16.5. The number of methoxy groups -OCH3 is 1. The zero-order chi connectivity index (χ0) is 26.1. The molecule has 1 fully saturated rings. The summed E-state index contributed by atoms with van der Waals surface area (Å²) in [5.41, 5.74) is 5.77. The summed E-state index contributed by atoms with van der Waals surface area (Å²) in [6.45, 7) is 5.90. The number of benzene rings is 1. The summed E-state index contributed by atoms with van der Waals surface area (Å²) in [5.74, 6) is 2.52. The molecule has 0 unspecified atom stereocenters. The maximum Gasteiger partial charge on any atom is 0.200 e. The number of rotatable bonds is 9. The average molecular weight is 508 g/mol. The largest absolute Gasteiger partial charge is 0.384 e. The van der Waals surface area contributed by atoms with E-state index in [4.69, 9.17) is 19.9 Å². The van der Waals surface area contributed by atoms with Crippen LogP contribution in [0.15, 0.2) is 73.2 Å². The van der Waals surface area contributed by atoms with Crippen LogP contribution in [0.2, 0.25) is 0 Å². The van der Waals surface area contributed by atoms with Crippen LogP contribution in [0.3, 0.4) is 0 Å². The molecule has 4 heterocycles. The van der Waals surface area contributed by atoms with Gasteiger partial charge >= 0.3 is 0 Å². The van der Waals surface area contributed by atoms with Crippen LogP contribution < -0.4 is 5.32 Å². The zero-order valence-corrected chi connectivity index (χ0v) is 22.1. The molecule has 0 bridgehead atoms. The second-order valence-corrected chi connectivity index (χ2v) is 10.3. The molecule has 0 aliphatic heterocycles. The van der Waals surface area contributed by atoms with Gasteiger partial charge in [-0.25, -0.2) is 9.50 Å². The lowest BCUT2D eigenvalue weighted by molar-refractivity contribution is 0.0658. The Morgan fingerprint density at radius 2 is 1.79 bits per heavy atom. The molecule has 1 aliphatic rings. The first-order valence-electron chi connectivity index (χ1n) is 13.3. The van der Waals surface area contributed by atoms with Crippen molar-refractivity contribution in [3.63, 3.8) is 0 Å². The molecule has 0 saturated heterocycles. The third kappa shape index (κ3) is 4.56. The molecule has 38 heavy (non-hydrogen) atoms. The monoisotopic (exact) mass is 507 g/mol. The van der Waals surface area contributed by atoms with Gasteiger partial charge in [0.2, 0.25) is 5.82 Å². The van der Waals surface area contributed by atoms with E-state index >= 15 is 0 Å². The van der Waals surface area contributed by atoms with Gasteiger partial charge in [0.15, 0.2) is 5.82 Å². The molecule has 0 radical (unpaired) electrons. The fraction of sp³-hybridized carbons (Fsp3) is 0.333. The van der Waals surface area contributed by atoms with Crippen LogP contribution in [-0.4, -0.2) is 49.6 Å². The molecule has 8 nitrogen and oxygen atoms in total. The number of ether oxygens (including phenoxy) is 1. The van der Waals surface area contributed by atoms with E-state index < -0.39 is 0 Å². The molecule has 0 amide bonds. The van der Waals surface area contributed by atoms with Crippen molar-refractivity contribution in [2.45, 2.75) is 32.7 Å². The lowest BCUT2D eigenvalue weighted by Gasteiger charge is -2.36. The van der Waals surface area contributed by atoms with E-state index in [1.54, 1.807) is 13.3 Å². The van der Waals surface area contributed by atoms with Crippen LogP contribution in [0.1, 0.15) is 32.7 Å². The van der Waals surface area contributed by atoms with Gasteiger partial charge in [-0.2, -0.15) is 5.10 Å². The van der Waals surface area contributed by atoms with Crippen molar-refractivity contribution in [3.8, 4) is 33.9 Å². The van der Waals surface area contributed by atoms with E-state index in [-0.39, 0.29) is 6.04 Å². The normalized spacial score (nSPS) is 17.2. The molecule has 1 aromatic carbocycles. The minimum Gasteiger partial charge on any atom is -0.384 e. The number of nitrogens with one attached hydrogen (secondary N) is 1. The van der Waals surface area contributed by atoms with Gasteiger partial charge in [0, 0.05) is 56.0 Å². The Labute approximate surface area is 222 Å². The van der Waals surface area contributed by atoms with Gasteiger partial charge in [0.05, 0.1) is 5.69 Å². The van der Waals surface area contributed by atoms with Gasteiger partial charge < -0.3 is 10.1 Å². The van der Waals surface area contributed by atoms with Gasteiger partial charge in [-0.15, -0.1) is 5.10 Å². The number of hydrogen-bond donors (Lipinski definition) is 1. The molecule has 1 aliphatic carbocycles. The Morgan fingerprint density at radius 3 is 2.47 bits per heavy atom. The van der Waals surface area contributed by atoms with E-state index in [1.807, 2.05) is 39.7 Å². The van der Waals surface area contributed by atoms with Crippen molar-refractivity contribution in [1.82, 2.24) is 29.4 Å². The molecular formula is C30H33N7O. The van der Waals surface area contributed by atoms with Crippen molar-refractivity contribution in [2.75, 3.05) is 25.6 Å². The number of fused-ring (bicyclic) bond motifs is 1. The van der Waals surface area contributed by atoms with E-state index in [9.17, 15) is 0 Å². The smallest absolute Gasteiger partial charge is 0.200 e. The molecule has 5 aromatic rings. The summed E-state index contributed by atoms with van der Waals surface area (Å²) < 4.78 is 9.38. The summed E-state index contributed by atoms with van der Waals surface area (Å²) in [7, 11) is 1.78. The van der Waals surface area contributed by atoms with Gasteiger partial charge in [-0.1, -0.05) is 36.4 Å². The summed E-state index contributed by atoms with van der Waals surface area (Å²) in [4.78, 5) is 9.56. The predicted molar refractivity (Wildman–Crippen MR) is 150 cm³/mol. The maximum absolute atomic E-state index is 5.45. The number of nitrogens with zero attached hydrogens (tertiary/aromatic N) is 6. The van der Waals surface area contributed by atoms with Crippen LogP contribution in [0.4, 0.5) is 5.82 Å². The summed E-state index contributed by atoms with van der Waals surface area (Å²) in [6.07, 6.45) is 8.28. The minimum atomic E-state index is 0.274. The van der Waals surface area contributed by atoms with Crippen LogP contribution in [-0.2, 0) is 4.74 Å². The van der Waals surface area contributed by atoms with E-state index in [1.165, 1.54) is 12.8 Å². The maximum atomic E-state index is 5.45. The van der Waals surface area contributed by atoms with E-state index in [2.05, 4.69) is 60.7 Å². The molecule has 194 valence electrons. The first kappa shape index (κ1) is 24.3. The highest BCUT2D eigenvalue weighted by Crippen LogP contribution is 2.40. The van der Waals surface area contributed by atoms with Crippen molar-refractivity contribution in [3.05, 3.63) is 73.2 Å². The van der Waals surface area contributed by atoms with Crippen molar-refractivity contribution in [1.29, 1.82) is 0 Å². The van der Waals surface area contributed by atoms with Crippen LogP contribution in [0, 0.1) is 11.8 Å². The zero-order valence-electron chi connectivity index (χ0n) is 22.1. The van der Waals surface area contributed by atoms with E-state index in [0.717, 1.165) is 52.6 Å². The Hall–Kier alpha value is -4.04. The third-order valence-corrected chi connectivity index (χ3v) is 7.49. The highest BCUT2D eigenvalue weighted by Gasteiger charge is 2.31. The van der Waals surface area contributed by atoms with Crippen molar-refractivity contribution >= 4 is 11.3 Å². The summed E-state index contributed by atoms with van der Waals surface area (Å²) in [5, 5.41) is 13.5. The standard InChI is InChI=1S/C30H33N7O/c1-20(2)36-16-14-25(34-36)24-18-37-28(27(24)21-9-5-4-6-10-21)30(32-17-22-12-13-23(22)19-38-3)33-29(35-37)26-11-7-8-15-31-26/h4-11,14-16,18,20,22-23H,12-13,17,19H2,1-3H3,(H,32,33,35)/t22-,23+/m1/s1. The van der Waals surface area contributed by atoms with Crippen molar-refractivity contribution < 1.29 is 4.74 Å². The lowest BCUT2D eigenvalue weighted by atomic mass is 9.74. The fourth-order valence-electron chi connectivity index (χ4n) is 5.24. The second-order valence-electron chi connectivity index (χ2n) is 10.3. The molecule has 6 rings (SSSR count). The number of aromatic nitrogens is 6. The highest BCUT2D eigenvalue weighted by molar-refractivity contribution is 5.98. The van der Waals surface area contributed by atoms with Crippen molar-refractivity contribution in [2.24, 2.45) is 11.8 Å². The Bertz CT molecular complexity index is 1520. The quantitative estimate of drug-likeness (QED) is 0.264. The Kier molecular flexibility index (Phi) is 6.64. The molecule has 8 heteroatoms. The third-order valence-electron chi connectivity index (χ3n) is 7.49. The predicted octanol–water partition coefficient (Wildman–Crippen LogP) is 5.99. The van der Waals surface area contributed by atoms with Gasteiger partial charge in [0.1, 0.15) is 11.2 Å². The van der Waals surface area contributed by atoms with Crippen LogP contribution in [0.25, 0.3) is 39.4 Å². The van der Waals surface area contributed by atoms with Gasteiger partial charge in [0.25, 0.3) is 0 Å². The summed E-state index contributed by atoms with van der Waals surface area (Å²) in [6, 6.07) is 18.6. The fourth-order valence-corrected chi connectivity index (χ4v) is 5.24. The number of pyridine rings is 1. The lowest BCUT2D eigenvalue weighted by Crippen LogP contribution is -2.35. The SMILES string of the molecule is COC[C@@H]1CC[C@@H]1CNc1nc(-c2ccccn2)nn2cc(-c3ccn(C(C)C)n3)c(-c3ccccc3)c12. The number of anilines is 1. The second kappa shape index (κ2) is 10.4. The van der Waals surface area contributed by atoms with Gasteiger partial charge in [-0.05, 0) is 62.3 Å². The Morgan fingerprint density at radius 1 is 0.974 bits per heavy atom. The summed E-state index contributed by atoms with van der Waals surface area (Å²) >= 11 is 0. The minimum absolute atomic E-state index is 0.274. The Balaban J connectivity index is 1.53. The molecular weight excluding hydrogens is 474 g/mol. The topological polar surface area (TPSA) is 82.2 Å². The molecule has 1 N–H and O–H groups in total. The average Bonchev–Trinajstić information content (AvgIpc) is 3.58. The molecule has 0 spiro atoms. The molecule has 4 aromatic heterocycles. The molecule has 1 saturated carbocycles. The molecule has 2 atom stereocenters. The van der Waals surface area contributed by atoms with E-state index in [0.29, 0.717) is 17.7 Å². The van der Waals surface area contributed by atoms with Crippen LogP contribution in [0.5, 0.6) is 0 Å². The number of hydrogen-bond acceptors (Lipinski definition) is 6. The van der Waals surface area contributed by atoms with Gasteiger partial charge in [-0.3, -0.25) is 9.67 Å². The van der Waals surface area contributed by atoms with Crippen LogP contribution >= 0.6 is 0 Å².